The molecule has 29 heavy (non-hydrogen) atoms. The average Bonchev–Trinajstić information content (AvgIpc) is 2.89. The second kappa shape index (κ2) is 8.06. The van der Waals surface area contributed by atoms with Gasteiger partial charge in [-0.25, -0.2) is 13.6 Å². The maximum absolute atomic E-state index is 12.7. The molecule has 1 heterocycles. The van der Waals surface area contributed by atoms with Gasteiger partial charge in [-0.15, -0.1) is 0 Å². The molecule has 0 aromatic heterocycles. The summed E-state index contributed by atoms with van der Waals surface area (Å²) in [5.41, 5.74) is 1.08. The molecule has 0 atom stereocenters. The first kappa shape index (κ1) is 20.6. The zero-order chi connectivity index (χ0) is 21.2. The van der Waals surface area contributed by atoms with Crippen LogP contribution in [0.4, 0.5) is 0 Å². The van der Waals surface area contributed by atoms with Crippen molar-refractivity contribution in [2.24, 2.45) is 5.14 Å². The predicted octanol–water partition coefficient (Wildman–Crippen LogP) is 1.61. The van der Waals surface area contributed by atoms with E-state index in [0.29, 0.717) is 29.9 Å². The predicted molar refractivity (Wildman–Crippen MR) is 105 cm³/mol. The molecule has 0 fully saturated rings. The Hall–Kier alpha value is -3.17. The van der Waals surface area contributed by atoms with Crippen LogP contribution >= 0.6 is 0 Å². The molecule has 0 spiro atoms. The van der Waals surface area contributed by atoms with Gasteiger partial charge in [0.15, 0.2) is 5.76 Å². The molecule has 0 radical (unpaired) electrons. The zero-order valence-electron chi connectivity index (χ0n) is 15.7. The fourth-order valence-electron chi connectivity index (χ4n) is 3.00. The van der Waals surface area contributed by atoms with Crippen molar-refractivity contribution in [1.82, 2.24) is 4.90 Å². The number of benzene rings is 2. The van der Waals surface area contributed by atoms with Gasteiger partial charge in [0, 0.05) is 6.54 Å². The Balaban J connectivity index is 1.73. The van der Waals surface area contributed by atoms with E-state index in [1.807, 2.05) is 6.92 Å². The zero-order valence-corrected chi connectivity index (χ0v) is 16.5. The fourth-order valence-corrected chi connectivity index (χ4v) is 3.51. The van der Waals surface area contributed by atoms with Gasteiger partial charge in [0.2, 0.25) is 10.0 Å². The number of primary sulfonamides is 1. The molecule has 9 heteroatoms. The molecule has 2 amide bonds. The molecule has 1 aliphatic rings. The molecular weight excluding hydrogens is 396 g/mol. The lowest BCUT2D eigenvalue weighted by Crippen LogP contribution is -2.33. The number of amides is 2. The van der Waals surface area contributed by atoms with Gasteiger partial charge in [-0.3, -0.25) is 14.5 Å². The van der Waals surface area contributed by atoms with E-state index in [0.717, 1.165) is 4.90 Å². The number of nitrogens with zero attached hydrogens (tertiary/aromatic N) is 1. The summed E-state index contributed by atoms with van der Waals surface area (Å²) in [7, 11) is -3.79. The lowest BCUT2D eigenvalue weighted by Gasteiger charge is -2.14. The number of carbonyl (C=O) groups excluding carboxylic acids is 2. The maximum Gasteiger partial charge on any atom is 0.296 e. The van der Waals surface area contributed by atoms with Crippen LogP contribution in [0.5, 0.6) is 5.75 Å². The van der Waals surface area contributed by atoms with E-state index in [2.05, 4.69) is 0 Å². The van der Waals surface area contributed by atoms with Crippen LogP contribution in [-0.2, 0) is 26.0 Å². The summed E-state index contributed by atoms with van der Waals surface area (Å²) in [5.74, 6) is -1.32. The summed E-state index contributed by atoms with van der Waals surface area (Å²) in [6.45, 7) is 2.38. The molecule has 2 aromatic carbocycles. The van der Waals surface area contributed by atoms with Gasteiger partial charge in [-0.2, -0.15) is 0 Å². The molecule has 0 saturated heterocycles. The normalized spacial score (nSPS) is 14.6. The van der Waals surface area contributed by atoms with Crippen molar-refractivity contribution in [3.8, 4) is 5.75 Å². The van der Waals surface area contributed by atoms with E-state index in [1.54, 1.807) is 36.4 Å². The fraction of sp³-hybridized carbons (Fsp3) is 0.200. The highest BCUT2D eigenvalue weighted by atomic mass is 32.2. The Labute approximate surface area is 168 Å². The van der Waals surface area contributed by atoms with Gasteiger partial charge in [0.1, 0.15) is 5.75 Å². The first-order valence-corrected chi connectivity index (χ1v) is 10.4. The highest BCUT2D eigenvalue weighted by molar-refractivity contribution is 7.89. The number of aliphatic hydroxyl groups is 1. The molecule has 8 nitrogen and oxygen atoms in total. The standard InChI is InChI=1S/C20H20N2O6S/c1-2-28-15-7-5-14(6-8-15)17-18(23)20(25)22(19(17)24)12-11-13-3-9-16(10-4-13)29(21,26)27/h3-10,23H,2,11-12H2,1H3,(H2,21,26,27). The Morgan fingerprint density at radius 3 is 2.17 bits per heavy atom. The minimum atomic E-state index is -3.79. The van der Waals surface area contributed by atoms with Crippen LogP contribution in [0.15, 0.2) is 59.2 Å². The Kier molecular flexibility index (Phi) is 5.71. The summed E-state index contributed by atoms with van der Waals surface area (Å²) in [4.78, 5) is 26.0. The first-order valence-electron chi connectivity index (χ1n) is 8.86. The van der Waals surface area contributed by atoms with Crippen molar-refractivity contribution in [2.45, 2.75) is 18.2 Å². The van der Waals surface area contributed by atoms with E-state index in [-0.39, 0.29) is 17.0 Å². The summed E-state index contributed by atoms with van der Waals surface area (Å²) in [6.07, 6.45) is 0.298. The molecule has 0 saturated carbocycles. The summed E-state index contributed by atoms with van der Waals surface area (Å²) in [6, 6.07) is 12.4. The number of rotatable bonds is 7. The van der Waals surface area contributed by atoms with Crippen LogP contribution in [0.1, 0.15) is 18.1 Å². The number of hydrogen-bond acceptors (Lipinski definition) is 6. The lowest BCUT2D eigenvalue weighted by molar-refractivity contribution is -0.138. The first-order chi connectivity index (χ1) is 13.7. The molecule has 1 aliphatic heterocycles. The Bertz CT molecular complexity index is 1070. The van der Waals surface area contributed by atoms with Crippen LogP contribution < -0.4 is 9.88 Å². The van der Waals surface area contributed by atoms with Crippen LogP contribution in [-0.4, -0.2) is 43.4 Å². The second-order valence-electron chi connectivity index (χ2n) is 6.38. The van der Waals surface area contributed by atoms with E-state index < -0.39 is 27.6 Å². The monoisotopic (exact) mass is 416 g/mol. The number of hydrogen-bond donors (Lipinski definition) is 2. The highest BCUT2D eigenvalue weighted by Crippen LogP contribution is 2.29. The van der Waals surface area contributed by atoms with E-state index in [9.17, 15) is 23.1 Å². The number of imide groups is 1. The van der Waals surface area contributed by atoms with Crippen molar-refractivity contribution in [3.05, 3.63) is 65.4 Å². The summed E-state index contributed by atoms with van der Waals surface area (Å²) < 4.78 is 28.0. The molecule has 3 rings (SSSR count). The van der Waals surface area contributed by atoms with Crippen LogP contribution in [0.3, 0.4) is 0 Å². The largest absolute Gasteiger partial charge is 0.502 e. The quantitative estimate of drug-likeness (QED) is 0.660. The van der Waals surface area contributed by atoms with Gasteiger partial charge >= 0.3 is 0 Å². The lowest BCUT2D eigenvalue weighted by atomic mass is 10.1. The third-order valence-corrected chi connectivity index (χ3v) is 5.40. The molecule has 0 unspecified atom stereocenters. The minimum absolute atomic E-state index is 0.0216. The molecule has 2 aromatic rings. The van der Waals surface area contributed by atoms with Gasteiger partial charge in [0.25, 0.3) is 11.8 Å². The van der Waals surface area contributed by atoms with E-state index in [1.165, 1.54) is 12.1 Å². The molecule has 0 bridgehead atoms. The van der Waals surface area contributed by atoms with Crippen molar-refractivity contribution in [1.29, 1.82) is 0 Å². The number of aliphatic hydroxyl groups excluding tert-OH is 1. The summed E-state index contributed by atoms with van der Waals surface area (Å²) >= 11 is 0. The van der Waals surface area contributed by atoms with Gasteiger partial charge in [-0.1, -0.05) is 24.3 Å². The van der Waals surface area contributed by atoms with Gasteiger partial charge < -0.3 is 9.84 Å². The van der Waals surface area contributed by atoms with Crippen molar-refractivity contribution < 1.29 is 27.9 Å². The van der Waals surface area contributed by atoms with Gasteiger partial charge in [-0.05, 0) is 48.7 Å². The van der Waals surface area contributed by atoms with Crippen molar-refractivity contribution >= 4 is 27.4 Å². The SMILES string of the molecule is CCOc1ccc(C2=C(O)C(=O)N(CCc3ccc(S(N)(=O)=O)cc3)C2=O)cc1. The van der Waals surface area contributed by atoms with Gasteiger partial charge in [0.05, 0.1) is 17.1 Å². The third-order valence-electron chi connectivity index (χ3n) is 4.47. The summed E-state index contributed by atoms with van der Waals surface area (Å²) in [5, 5.41) is 15.3. The second-order valence-corrected chi connectivity index (χ2v) is 7.94. The van der Waals surface area contributed by atoms with Crippen molar-refractivity contribution in [3.63, 3.8) is 0 Å². The molecule has 152 valence electrons. The van der Waals surface area contributed by atoms with Crippen LogP contribution in [0.2, 0.25) is 0 Å². The molecular formula is C20H20N2O6S. The number of ether oxygens (including phenoxy) is 1. The van der Waals surface area contributed by atoms with Crippen LogP contribution in [0, 0.1) is 0 Å². The van der Waals surface area contributed by atoms with E-state index in [4.69, 9.17) is 9.88 Å². The van der Waals surface area contributed by atoms with Crippen molar-refractivity contribution in [2.75, 3.05) is 13.2 Å². The highest BCUT2D eigenvalue weighted by Gasteiger charge is 2.38. The maximum atomic E-state index is 12.7. The number of nitrogens with two attached hydrogens (primary N) is 1. The Morgan fingerprint density at radius 2 is 1.62 bits per heavy atom. The number of sulfonamides is 1. The van der Waals surface area contributed by atoms with E-state index >= 15 is 0 Å². The number of carbonyl (C=O) groups is 2. The minimum Gasteiger partial charge on any atom is -0.502 e. The third kappa shape index (κ3) is 4.30. The van der Waals surface area contributed by atoms with Crippen LogP contribution in [0.25, 0.3) is 5.57 Å². The average molecular weight is 416 g/mol. The molecule has 3 N–H and O–H groups in total. The molecule has 0 aliphatic carbocycles. The topological polar surface area (TPSA) is 127 Å². The smallest absolute Gasteiger partial charge is 0.296 e. The Morgan fingerprint density at radius 1 is 1.00 bits per heavy atom.